The summed E-state index contributed by atoms with van der Waals surface area (Å²) >= 11 is 0. The predicted molar refractivity (Wildman–Crippen MR) is 68.4 cm³/mol. The van der Waals surface area contributed by atoms with E-state index < -0.39 is 0 Å². The zero-order valence-electron chi connectivity index (χ0n) is 10.6. The monoisotopic (exact) mass is 218 g/mol. The number of rotatable bonds is 6. The smallest absolute Gasteiger partial charge is 0.133 e. The Kier molecular flexibility index (Phi) is 5.24. The lowest BCUT2D eigenvalue weighted by molar-refractivity contribution is -0.122. The van der Waals surface area contributed by atoms with Crippen molar-refractivity contribution in [3.63, 3.8) is 0 Å². The van der Waals surface area contributed by atoms with Gasteiger partial charge < -0.3 is 0 Å². The first-order valence-corrected chi connectivity index (χ1v) is 6.23. The maximum Gasteiger partial charge on any atom is 0.133 e. The summed E-state index contributed by atoms with van der Waals surface area (Å²) in [6.07, 6.45) is 3.07. The number of ketones is 1. The van der Waals surface area contributed by atoms with E-state index in [0.29, 0.717) is 11.7 Å². The molecule has 0 radical (unpaired) electrons. The lowest BCUT2D eigenvalue weighted by atomic mass is 9.81. The molecule has 1 rings (SSSR count). The van der Waals surface area contributed by atoms with Gasteiger partial charge in [0.15, 0.2) is 0 Å². The van der Waals surface area contributed by atoms with Crippen molar-refractivity contribution in [2.45, 2.75) is 40.0 Å². The van der Waals surface area contributed by atoms with Crippen molar-refractivity contribution in [2.24, 2.45) is 11.8 Å². The molecule has 1 heteroatoms. The third kappa shape index (κ3) is 3.48. The fourth-order valence-corrected chi connectivity index (χ4v) is 2.37. The SMILES string of the molecule is CCC(CC)[C@@H](Cc1ccccc1)C(C)=O. The minimum Gasteiger partial charge on any atom is -0.300 e. The van der Waals surface area contributed by atoms with Crippen LogP contribution >= 0.6 is 0 Å². The van der Waals surface area contributed by atoms with Gasteiger partial charge in [-0.15, -0.1) is 0 Å². The molecule has 88 valence electrons. The number of carbonyl (C=O) groups is 1. The molecular formula is C15H22O. The van der Waals surface area contributed by atoms with Crippen molar-refractivity contribution in [3.05, 3.63) is 35.9 Å². The van der Waals surface area contributed by atoms with Crippen LogP contribution in [0.15, 0.2) is 30.3 Å². The zero-order chi connectivity index (χ0) is 12.0. The summed E-state index contributed by atoms with van der Waals surface area (Å²) < 4.78 is 0. The summed E-state index contributed by atoms with van der Waals surface area (Å²) in [5.41, 5.74) is 1.27. The first kappa shape index (κ1) is 13.0. The highest BCUT2D eigenvalue weighted by molar-refractivity contribution is 5.78. The Morgan fingerprint density at radius 1 is 1.12 bits per heavy atom. The van der Waals surface area contributed by atoms with E-state index in [0.717, 1.165) is 19.3 Å². The summed E-state index contributed by atoms with van der Waals surface area (Å²) in [4.78, 5) is 11.7. The second-order valence-corrected chi connectivity index (χ2v) is 4.48. The molecule has 1 nitrogen and oxygen atoms in total. The molecule has 0 aliphatic heterocycles. The Labute approximate surface area is 98.9 Å². The van der Waals surface area contributed by atoms with Crippen molar-refractivity contribution in [1.29, 1.82) is 0 Å². The highest BCUT2D eigenvalue weighted by atomic mass is 16.1. The molecule has 1 aromatic rings. The van der Waals surface area contributed by atoms with Gasteiger partial charge in [0.25, 0.3) is 0 Å². The zero-order valence-corrected chi connectivity index (χ0v) is 10.6. The van der Waals surface area contributed by atoms with Crippen LogP contribution in [0.4, 0.5) is 0 Å². The lowest BCUT2D eigenvalue weighted by Crippen LogP contribution is -2.23. The van der Waals surface area contributed by atoms with Crippen LogP contribution in [0.1, 0.15) is 39.2 Å². The van der Waals surface area contributed by atoms with Gasteiger partial charge in [-0.3, -0.25) is 4.79 Å². The number of hydrogen-bond donors (Lipinski definition) is 0. The topological polar surface area (TPSA) is 17.1 Å². The molecule has 0 aliphatic rings. The van der Waals surface area contributed by atoms with Crippen LogP contribution in [0.3, 0.4) is 0 Å². The van der Waals surface area contributed by atoms with Crippen LogP contribution in [-0.4, -0.2) is 5.78 Å². The molecular weight excluding hydrogens is 196 g/mol. The Bertz CT molecular complexity index is 311. The van der Waals surface area contributed by atoms with Gasteiger partial charge in [-0.1, -0.05) is 57.0 Å². The first-order chi connectivity index (χ1) is 7.69. The first-order valence-electron chi connectivity index (χ1n) is 6.23. The van der Waals surface area contributed by atoms with Crippen LogP contribution in [0.5, 0.6) is 0 Å². The van der Waals surface area contributed by atoms with Crippen molar-refractivity contribution in [1.82, 2.24) is 0 Å². The van der Waals surface area contributed by atoms with Gasteiger partial charge in [-0.2, -0.15) is 0 Å². The van der Waals surface area contributed by atoms with Crippen LogP contribution in [0.2, 0.25) is 0 Å². The molecule has 0 aliphatic carbocycles. The fourth-order valence-electron chi connectivity index (χ4n) is 2.37. The maximum absolute atomic E-state index is 11.7. The van der Waals surface area contributed by atoms with Gasteiger partial charge in [0.1, 0.15) is 5.78 Å². The van der Waals surface area contributed by atoms with Crippen LogP contribution in [-0.2, 0) is 11.2 Å². The van der Waals surface area contributed by atoms with Gasteiger partial charge in [0.05, 0.1) is 0 Å². The van der Waals surface area contributed by atoms with Gasteiger partial charge in [0.2, 0.25) is 0 Å². The standard InChI is InChI=1S/C15H22O/c1-4-14(5-2)15(12(3)16)11-13-9-7-6-8-10-13/h6-10,14-15H,4-5,11H2,1-3H3/t15-/m0/s1. The van der Waals surface area contributed by atoms with Gasteiger partial charge in [0, 0.05) is 5.92 Å². The second-order valence-electron chi connectivity index (χ2n) is 4.48. The quantitative estimate of drug-likeness (QED) is 0.708. The molecule has 1 atom stereocenters. The minimum absolute atomic E-state index is 0.192. The summed E-state index contributed by atoms with van der Waals surface area (Å²) in [6.45, 7) is 6.08. The summed E-state index contributed by atoms with van der Waals surface area (Å²) in [7, 11) is 0. The van der Waals surface area contributed by atoms with Gasteiger partial charge in [-0.05, 0) is 24.8 Å². The van der Waals surface area contributed by atoms with E-state index >= 15 is 0 Å². The molecule has 1 aromatic carbocycles. The summed E-state index contributed by atoms with van der Waals surface area (Å²) in [6, 6.07) is 10.3. The number of hydrogen-bond acceptors (Lipinski definition) is 1. The highest BCUT2D eigenvalue weighted by Crippen LogP contribution is 2.24. The lowest BCUT2D eigenvalue weighted by Gasteiger charge is -2.22. The molecule has 0 saturated heterocycles. The van der Waals surface area contributed by atoms with E-state index in [-0.39, 0.29) is 5.92 Å². The molecule has 0 aromatic heterocycles. The van der Waals surface area contributed by atoms with Crippen molar-refractivity contribution in [2.75, 3.05) is 0 Å². The fraction of sp³-hybridized carbons (Fsp3) is 0.533. The Morgan fingerprint density at radius 2 is 1.69 bits per heavy atom. The number of carbonyl (C=O) groups excluding carboxylic acids is 1. The van der Waals surface area contributed by atoms with Gasteiger partial charge >= 0.3 is 0 Å². The largest absolute Gasteiger partial charge is 0.300 e. The van der Waals surface area contributed by atoms with Crippen LogP contribution in [0, 0.1) is 11.8 Å². The minimum atomic E-state index is 0.192. The molecule has 0 unspecified atom stereocenters. The molecule has 0 spiro atoms. The van der Waals surface area contributed by atoms with E-state index in [4.69, 9.17) is 0 Å². The number of Topliss-reactive ketones (excluding diaryl/α,β-unsaturated/α-hetero) is 1. The summed E-state index contributed by atoms with van der Waals surface area (Å²) in [5.74, 6) is 1.05. The number of benzene rings is 1. The average Bonchev–Trinajstić information content (AvgIpc) is 2.30. The molecule has 0 N–H and O–H groups in total. The second kappa shape index (κ2) is 6.47. The normalized spacial score (nSPS) is 12.8. The van der Waals surface area contributed by atoms with Crippen molar-refractivity contribution < 1.29 is 4.79 Å². The van der Waals surface area contributed by atoms with Crippen LogP contribution in [0.25, 0.3) is 0 Å². The predicted octanol–water partition coefficient (Wildman–Crippen LogP) is 3.87. The average molecular weight is 218 g/mol. The van der Waals surface area contributed by atoms with E-state index in [1.807, 2.05) is 18.2 Å². The Hall–Kier alpha value is -1.11. The third-order valence-corrected chi connectivity index (χ3v) is 3.44. The molecule has 0 fully saturated rings. The third-order valence-electron chi connectivity index (χ3n) is 3.44. The molecule has 0 bridgehead atoms. The van der Waals surface area contributed by atoms with Crippen molar-refractivity contribution >= 4 is 5.78 Å². The van der Waals surface area contributed by atoms with E-state index in [2.05, 4.69) is 26.0 Å². The van der Waals surface area contributed by atoms with Crippen LogP contribution < -0.4 is 0 Å². The highest BCUT2D eigenvalue weighted by Gasteiger charge is 2.22. The summed E-state index contributed by atoms with van der Waals surface area (Å²) in [5, 5.41) is 0. The molecule has 0 saturated carbocycles. The van der Waals surface area contributed by atoms with E-state index in [1.54, 1.807) is 6.92 Å². The van der Waals surface area contributed by atoms with E-state index in [9.17, 15) is 4.79 Å². The Balaban J connectivity index is 2.76. The molecule has 16 heavy (non-hydrogen) atoms. The molecule has 0 amide bonds. The van der Waals surface area contributed by atoms with E-state index in [1.165, 1.54) is 5.56 Å². The maximum atomic E-state index is 11.7. The Morgan fingerprint density at radius 3 is 2.12 bits per heavy atom. The van der Waals surface area contributed by atoms with Gasteiger partial charge in [-0.25, -0.2) is 0 Å². The van der Waals surface area contributed by atoms with Crippen molar-refractivity contribution in [3.8, 4) is 0 Å². The molecule has 0 heterocycles.